The Hall–Kier alpha value is -3.77. The highest BCUT2D eigenvalue weighted by Crippen LogP contribution is 2.33. The molecule has 17 heteroatoms. The quantitative estimate of drug-likeness (QED) is 0.184. The number of nitrogens with one attached hydrogen (secondary N) is 1. The van der Waals surface area contributed by atoms with Gasteiger partial charge < -0.3 is 48.4 Å². The second-order valence-electron chi connectivity index (χ2n) is 11.3. The molecule has 1 saturated heterocycles. The maximum atomic E-state index is 13.0. The molecule has 0 bridgehead atoms. The fraction of sp³-hybridized carbons (Fsp3) is 0.625. The highest BCUT2D eigenvalue weighted by atomic mass is 19.4. The van der Waals surface area contributed by atoms with Crippen LogP contribution in [0.5, 0.6) is 5.75 Å². The van der Waals surface area contributed by atoms with Crippen molar-refractivity contribution in [2.24, 2.45) is 0 Å². The van der Waals surface area contributed by atoms with Crippen LogP contribution < -0.4 is 24.8 Å². The summed E-state index contributed by atoms with van der Waals surface area (Å²) in [5, 5.41) is 3.33. The number of ether oxygens (including phenoxy) is 6. The van der Waals surface area contributed by atoms with Gasteiger partial charge in [-0.3, -0.25) is 0 Å². The topological polar surface area (TPSA) is 129 Å². The summed E-state index contributed by atoms with van der Waals surface area (Å²) in [4.78, 5) is 26.2. The number of rotatable bonds is 20. The average molecular weight is 697 g/mol. The molecule has 1 aromatic carbocycles. The summed E-state index contributed by atoms with van der Waals surface area (Å²) in [7, 11) is 8.22. The van der Waals surface area contributed by atoms with Crippen molar-refractivity contribution in [3.63, 3.8) is 0 Å². The van der Waals surface area contributed by atoms with Crippen LogP contribution in [-0.4, -0.2) is 134 Å². The molecule has 4 rings (SSSR count). The molecule has 3 heterocycles. The van der Waals surface area contributed by atoms with E-state index < -0.39 is 6.36 Å². The number of aromatic nitrogens is 4. The predicted octanol–water partition coefficient (Wildman–Crippen LogP) is 3.74. The van der Waals surface area contributed by atoms with E-state index in [9.17, 15) is 13.2 Å². The molecule has 3 aromatic rings. The third kappa shape index (κ3) is 11.1. The van der Waals surface area contributed by atoms with Crippen molar-refractivity contribution in [1.82, 2.24) is 19.9 Å². The molecule has 272 valence electrons. The van der Waals surface area contributed by atoms with Gasteiger partial charge in [0.2, 0.25) is 11.9 Å². The zero-order valence-electron chi connectivity index (χ0n) is 28.8. The van der Waals surface area contributed by atoms with Gasteiger partial charge in [0.05, 0.1) is 32.5 Å². The Morgan fingerprint density at radius 3 is 1.86 bits per heavy atom. The molecule has 0 unspecified atom stereocenters. The average Bonchev–Trinajstić information content (AvgIpc) is 3.09. The zero-order chi connectivity index (χ0) is 35.2. The van der Waals surface area contributed by atoms with Crippen LogP contribution in [0, 0.1) is 0 Å². The van der Waals surface area contributed by atoms with Crippen LogP contribution >= 0.6 is 0 Å². The summed E-state index contributed by atoms with van der Waals surface area (Å²) in [6, 6.07) is 5.79. The van der Waals surface area contributed by atoms with Gasteiger partial charge in [0.15, 0.2) is 11.6 Å². The van der Waals surface area contributed by atoms with Crippen LogP contribution in [0.2, 0.25) is 0 Å². The number of piperidine rings is 1. The monoisotopic (exact) mass is 696 g/mol. The van der Waals surface area contributed by atoms with Gasteiger partial charge in [0.1, 0.15) is 16.8 Å². The van der Waals surface area contributed by atoms with Crippen molar-refractivity contribution < 1.29 is 41.6 Å². The summed E-state index contributed by atoms with van der Waals surface area (Å²) < 4.78 is 70.2. The van der Waals surface area contributed by atoms with Gasteiger partial charge in [0.25, 0.3) is 0 Å². The van der Waals surface area contributed by atoms with E-state index in [1.165, 1.54) is 18.2 Å². The van der Waals surface area contributed by atoms with Gasteiger partial charge in [-0.1, -0.05) is 12.1 Å². The summed E-state index contributed by atoms with van der Waals surface area (Å²) in [6.07, 6.45) is -3.05. The van der Waals surface area contributed by atoms with Gasteiger partial charge in [-0.05, 0) is 30.5 Å². The van der Waals surface area contributed by atoms with Gasteiger partial charge in [-0.25, -0.2) is 9.97 Å². The van der Waals surface area contributed by atoms with E-state index in [1.54, 1.807) is 41.6 Å². The standard InChI is InChI=1S/C32H47F3N8O6/c1-44-17-13-42(14-18-45-2)30-38-27-26(28(39-30)36-22-23-7-6-8-25(21-23)49-32(33,34)35)37-31(43(15-19-46-3)16-20-47-4)40-29(27)41-11-9-24(48-5)10-12-41/h6-8,21,24H,9-20,22H2,1-5H3,(H,36,38,39). The first-order valence-electron chi connectivity index (χ1n) is 16.1. The molecule has 0 saturated carbocycles. The molecule has 1 aliphatic rings. The fourth-order valence-electron chi connectivity index (χ4n) is 5.38. The smallest absolute Gasteiger partial charge is 0.406 e. The Morgan fingerprint density at radius 2 is 1.33 bits per heavy atom. The Kier molecular flexibility index (Phi) is 14.6. The molecule has 1 aliphatic heterocycles. The minimum Gasteiger partial charge on any atom is -0.406 e. The van der Waals surface area contributed by atoms with E-state index >= 15 is 0 Å². The first-order chi connectivity index (χ1) is 23.7. The summed E-state index contributed by atoms with van der Waals surface area (Å²) in [5.41, 5.74) is 1.53. The van der Waals surface area contributed by atoms with Crippen LogP contribution in [0.1, 0.15) is 18.4 Å². The number of hydrogen-bond donors (Lipinski definition) is 1. The summed E-state index contributed by atoms with van der Waals surface area (Å²) in [6.45, 7) is 5.18. The Balaban J connectivity index is 1.87. The van der Waals surface area contributed by atoms with Crippen molar-refractivity contribution in [2.45, 2.75) is 31.9 Å². The largest absolute Gasteiger partial charge is 0.573 e. The van der Waals surface area contributed by atoms with E-state index in [4.69, 9.17) is 43.6 Å². The molecule has 0 spiro atoms. The molecule has 14 nitrogen and oxygen atoms in total. The summed E-state index contributed by atoms with van der Waals surface area (Å²) >= 11 is 0. The Labute approximate surface area is 284 Å². The Bertz CT molecular complexity index is 1430. The third-order valence-corrected chi connectivity index (χ3v) is 8.00. The van der Waals surface area contributed by atoms with Crippen molar-refractivity contribution in [3.8, 4) is 5.75 Å². The number of alkyl halides is 3. The SMILES string of the molecule is COCCN(CCOC)c1nc(N2CCC(OC)CC2)c2nc(N(CCOC)CCOC)nc(NCc3cccc(OC(F)(F)F)c3)c2n1. The van der Waals surface area contributed by atoms with E-state index in [1.807, 2.05) is 9.80 Å². The molecule has 0 aliphatic carbocycles. The van der Waals surface area contributed by atoms with Crippen LogP contribution in [0.4, 0.5) is 36.7 Å². The van der Waals surface area contributed by atoms with Gasteiger partial charge in [-0.2, -0.15) is 9.97 Å². The highest BCUT2D eigenvalue weighted by Gasteiger charge is 2.31. The number of anilines is 4. The lowest BCUT2D eigenvalue weighted by Gasteiger charge is -2.33. The van der Waals surface area contributed by atoms with Crippen molar-refractivity contribution in [1.29, 1.82) is 0 Å². The van der Waals surface area contributed by atoms with Gasteiger partial charge >= 0.3 is 6.36 Å². The van der Waals surface area contributed by atoms with Crippen LogP contribution in [0.3, 0.4) is 0 Å². The maximum absolute atomic E-state index is 13.0. The third-order valence-electron chi connectivity index (χ3n) is 8.00. The molecule has 49 heavy (non-hydrogen) atoms. The second-order valence-corrected chi connectivity index (χ2v) is 11.3. The lowest BCUT2D eigenvalue weighted by molar-refractivity contribution is -0.274. The zero-order valence-corrected chi connectivity index (χ0v) is 28.8. The van der Waals surface area contributed by atoms with E-state index in [0.29, 0.717) is 106 Å². The summed E-state index contributed by atoms with van der Waals surface area (Å²) in [5.74, 6) is 1.56. The molecular formula is C32H47F3N8O6. The van der Waals surface area contributed by atoms with Gasteiger partial charge in [0, 0.05) is 81.4 Å². The molecule has 1 N–H and O–H groups in total. The number of benzene rings is 1. The maximum Gasteiger partial charge on any atom is 0.573 e. The second kappa shape index (κ2) is 18.8. The van der Waals surface area contributed by atoms with Crippen LogP contribution in [0.25, 0.3) is 11.0 Å². The first kappa shape index (κ1) is 38.0. The molecular weight excluding hydrogens is 649 g/mol. The fourth-order valence-corrected chi connectivity index (χ4v) is 5.38. The lowest BCUT2D eigenvalue weighted by Crippen LogP contribution is -2.38. The predicted molar refractivity (Wildman–Crippen MR) is 180 cm³/mol. The Morgan fingerprint density at radius 1 is 0.776 bits per heavy atom. The van der Waals surface area contributed by atoms with E-state index in [0.717, 1.165) is 12.8 Å². The van der Waals surface area contributed by atoms with E-state index in [2.05, 4.69) is 15.0 Å². The number of hydrogen-bond acceptors (Lipinski definition) is 14. The van der Waals surface area contributed by atoms with Crippen molar-refractivity contribution in [3.05, 3.63) is 29.8 Å². The number of nitrogens with zero attached hydrogens (tertiary/aromatic N) is 7. The van der Waals surface area contributed by atoms with Gasteiger partial charge in [-0.15, -0.1) is 13.2 Å². The normalized spacial score (nSPS) is 14.0. The molecule has 1 fully saturated rings. The molecule has 0 radical (unpaired) electrons. The van der Waals surface area contributed by atoms with Crippen molar-refractivity contribution in [2.75, 3.05) is 121 Å². The number of methoxy groups -OCH3 is 5. The first-order valence-corrected chi connectivity index (χ1v) is 16.1. The number of fused-ring (bicyclic) bond motifs is 1. The van der Waals surface area contributed by atoms with Crippen LogP contribution in [-0.2, 0) is 30.2 Å². The lowest BCUT2D eigenvalue weighted by atomic mass is 10.1. The van der Waals surface area contributed by atoms with Crippen LogP contribution in [0.15, 0.2) is 24.3 Å². The van der Waals surface area contributed by atoms with Crippen molar-refractivity contribution >= 4 is 34.6 Å². The highest BCUT2D eigenvalue weighted by molar-refractivity contribution is 5.95. The molecule has 0 amide bonds. The molecule has 0 atom stereocenters. The minimum atomic E-state index is -4.81. The number of halogens is 3. The molecule has 2 aromatic heterocycles. The minimum absolute atomic E-state index is 0.127. The van der Waals surface area contributed by atoms with E-state index in [-0.39, 0.29) is 18.4 Å².